The minimum atomic E-state index is -1.57. The Bertz CT molecular complexity index is 1190. The summed E-state index contributed by atoms with van der Waals surface area (Å²) in [4.78, 5) is 0. The maximum Gasteiger partial charge on any atom is 0.194 e. The van der Waals surface area contributed by atoms with E-state index in [-0.39, 0.29) is 11.1 Å². The summed E-state index contributed by atoms with van der Waals surface area (Å²) in [7, 11) is 0. The minimum absolute atomic E-state index is 0.0107. The molecule has 0 aliphatic rings. The summed E-state index contributed by atoms with van der Waals surface area (Å²) in [5, 5.41) is 2.17. The van der Waals surface area contributed by atoms with Gasteiger partial charge in [-0.3, -0.25) is 0 Å². The fourth-order valence-electron chi connectivity index (χ4n) is 3.56. The van der Waals surface area contributed by atoms with Crippen LogP contribution in [0.3, 0.4) is 0 Å². The highest BCUT2D eigenvalue weighted by Crippen LogP contribution is 2.31. The number of halogens is 4. The number of hydrogen-bond acceptors (Lipinski definition) is 0. The van der Waals surface area contributed by atoms with E-state index in [0.717, 1.165) is 41.3 Å². The van der Waals surface area contributed by atoms with E-state index in [1.807, 2.05) is 18.2 Å². The maximum atomic E-state index is 14.7. The number of hydrogen-bond donors (Lipinski definition) is 0. The molecule has 0 saturated carbocycles. The van der Waals surface area contributed by atoms with Crippen LogP contribution < -0.4 is 0 Å². The molecule has 0 aliphatic carbocycles. The topological polar surface area (TPSA) is 0 Å². The van der Waals surface area contributed by atoms with Crippen LogP contribution in [-0.2, 0) is 6.42 Å². The van der Waals surface area contributed by atoms with E-state index >= 15 is 0 Å². The lowest BCUT2D eigenvalue weighted by molar-refractivity contribution is 0.447. The average Bonchev–Trinajstić information content (AvgIpc) is 2.71. The summed E-state index contributed by atoms with van der Waals surface area (Å²) in [5.41, 5.74) is 2.72. The Kier molecular flexibility index (Phi) is 5.10. The van der Waals surface area contributed by atoms with Crippen LogP contribution in [0.25, 0.3) is 33.0 Å². The fourth-order valence-corrected chi connectivity index (χ4v) is 3.56. The third kappa shape index (κ3) is 3.75. The van der Waals surface area contributed by atoms with Crippen LogP contribution in [0.1, 0.15) is 18.9 Å². The van der Waals surface area contributed by atoms with E-state index in [9.17, 15) is 17.6 Å². The molecule has 0 spiro atoms. The third-order valence-corrected chi connectivity index (χ3v) is 5.04. The second-order valence-corrected chi connectivity index (χ2v) is 7.09. The zero-order chi connectivity index (χ0) is 20.5. The average molecular weight is 394 g/mol. The van der Waals surface area contributed by atoms with Gasteiger partial charge < -0.3 is 0 Å². The summed E-state index contributed by atoms with van der Waals surface area (Å²) in [6, 6.07) is 18.2. The Morgan fingerprint density at radius 2 is 1.17 bits per heavy atom. The smallest absolute Gasteiger partial charge is 0.194 e. The van der Waals surface area contributed by atoms with Crippen LogP contribution in [0.2, 0.25) is 0 Å². The van der Waals surface area contributed by atoms with Gasteiger partial charge in [-0.2, -0.15) is 0 Å². The lowest BCUT2D eigenvalue weighted by Gasteiger charge is -2.09. The molecule has 0 unspecified atom stereocenters. The first-order valence-electron chi connectivity index (χ1n) is 9.44. The molecule has 0 nitrogen and oxygen atoms in total. The standard InChI is InChI=1S/C25H18F4/c1-2-3-15-4-5-17-11-18(7-6-16(17)10-15)19-8-9-21(22(26)12-19)20-13-23(27)25(29)24(28)14-20/h4-14H,2-3H2,1H3. The van der Waals surface area contributed by atoms with Gasteiger partial charge in [-0.25, -0.2) is 17.6 Å². The second kappa shape index (κ2) is 7.70. The second-order valence-electron chi connectivity index (χ2n) is 7.09. The first-order valence-corrected chi connectivity index (χ1v) is 9.44. The van der Waals surface area contributed by atoms with Crippen LogP contribution in [0.15, 0.2) is 66.7 Å². The van der Waals surface area contributed by atoms with Crippen LogP contribution in [0, 0.1) is 23.3 Å². The first-order chi connectivity index (χ1) is 14.0. The molecular formula is C25H18F4. The van der Waals surface area contributed by atoms with Crippen molar-refractivity contribution in [1.82, 2.24) is 0 Å². The Labute approximate surface area is 166 Å². The van der Waals surface area contributed by atoms with Crippen molar-refractivity contribution in [1.29, 1.82) is 0 Å². The van der Waals surface area contributed by atoms with Crippen LogP contribution >= 0.6 is 0 Å². The first kappa shape index (κ1) is 19.2. The predicted octanol–water partition coefficient (Wildman–Crippen LogP) is 7.68. The summed E-state index contributed by atoms with van der Waals surface area (Å²) in [6.07, 6.45) is 2.10. The zero-order valence-electron chi connectivity index (χ0n) is 15.8. The molecule has 0 radical (unpaired) electrons. The van der Waals surface area contributed by atoms with Crippen molar-refractivity contribution in [2.24, 2.45) is 0 Å². The Hall–Kier alpha value is -3.14. The molecule has 0 atom stereocenters. The van der Waals surface area contributed by atoms with Crippen molar-refractivity contribution in [2.45, 2.75) is 19.8 Å². The molecule has 0 aromatic heterocycles. The lowest BCUT2D eigenvalue weighted by atomic mass is 9.96. The summed E-state index contributed by atoms with van der Waals surface area (Å²) in [5.74, 6) is -4.89. The quantitative estimate of drug-likeness (QED) is 0.246. The third-order valence-electron chi connectivity index (χ3n) is 5.04. The highest BCUT2D eigenvalue weighted by molar-refractivity contribution is 5.88. The summed E-state index contributed by atoms with van der Waals surface area (Å²) in [6.45, 7) is 2.14. The number of benzene rings is 4. The highest BCUT2D eigenvalue weighted by atomic mass is 19.2. The molecule has 0 bridgehead atoms. The zero-order valence-corrected chi connectivity index (χ0v) is 15.8. The van der Waals surface area contributed by atoms with Crippen LogP contribution in [0.5, 0.6) is 0 Å². The van der Waals surface area contributed by atoms with E-state index in [2.05, 4.69) is 25.1 Å². The Balaban J connectivity index is 1.71. The fraction of sp³-hybridized carbons (Fsp3) is 0.120. The van der Waals surface area contributed by atoms with Crippen LogP contribution in [-0.4, -0.2) is 0 Å². The lowest BCUT2D eigenvalue weighted by Crippen LogP contribution is -1.94. The molecule has 0 heterocycles. The minimum Gasteiger partial charge on any atom is -0.206 e. The molecule has 4 aromatic rings. The summed E-state index contributed by atoms with van der Waals surface area (Å²) >= 11 is 0. The molecule has 146 valence electrons. The van der Waals surface area contributed by atoms with Crippen LogP contribution in [0.4, 0.5) is 17.6 Å². The van der Waals surface area contributed by atoms with E-state index in [4.69, 9.17) is 0 Å². The molecule has 29 heavy (non-hydrogen) atoms. The highest BCUT2D eigenvalue weighted by Gasteiger charge is 2.14. The van der Waals surface area contributed by atoms with Gasteiger partial charge in [0.15, 0.2) is 17.5 Å². The molecule has 0 saturated heterocycles. The van der Waals surface area contributed by atoms with Gasteiger partial charge in [0.2, 0.25) is 0 Å². The number of rotatable bonds is 4. The van der Waals surface area contributed by atoms with Gasteiger partial charge in [-0.15, -0.1) is 0 Å². The molecule has 0 aliphatic heterocycles. The van der Waals surface area contributed by atoms with E-state index < -0.39 is 23.3 Å². The van der Waals surface area contributed by atoms with Crippen molar-refractivity contribution < 1.29 is 17.6 Å². The predicted molar refractivity (Wildman–Crippen MR) is 109 cm³/mol. The molecule has 4 heteroatoms. The summed E-state index contributed by atoms with van der Waals surface area (Å²) < 4.78 is 54.8. The molecule has 4 rings (SSSR count). The largest absolute Gasteiger partial charge is 0.206 e. The van der Waals surface area contributed by atoms with Crippen molar-refractivity contribution in [3.8, 4) is 22.3 Å². The van der Waals surface area contributed by atoms with Gasteiger partial charge in [0.1, 0.15) is 5.82 Å². The molecule has 0 N–H and O–H groups in total. The Morgan fingerprint density at radius 1 is 0.586 bits per heavy atom. The van der Waals surface area contributed by atoms with Gasteiger partial charge in [0.25, 0.3) is 0 Å². The van der Waals surface area contributed by atoms with Crippen molar-refractivity contribution in [3.63, 3.8) is 0 Å². The number of aryl methyl sites for hydroxylation is 1. The number of fused-ring (bicyclic) bond motifs is 1. The molecule has 4 aromatic carbocycles. The monoisotopic (exact) mass is 394 g/mol. The van der Waals surface area contributed by atoms with Gasteiger partial charge in [0, 0.05) is 5.56 Å². The van der Waals surface area contributed by atoms with Crippen molar-refractivity contribution >= 4 is 10.8 Å². The van der Waals surface area contributed by atoms with Crippen molar-refractivity contribution in [2.75, 3.05) is 0 Å². The van der Waals surface area contributed by atoms with E-state index in [1.54, 1.807) is 6.07 Å². The molecular weight excluding hydrogens is 376 g/mol. The van der Waals surface area contributed by atoms with E-state index in [0.29, 0.717) is 5.56 Å². The maximum absolute atomic E-state index is 14.7. The van der Waals surface area contributed by atoms with Gasteiger partial charge in [0.05, 0.1) is 0 Å². The van der Waals surface area contributed by atoms with E-state index in [1.165, 1.54) is 17.7 Å². The van der Waals surface area contributed by atoms with Crippen molar-refractivity contribution in [3.05, 3.63) is 95.6 Å². The van der Waals surface area contributed by atoms with Gasteiger partial charge in [-0.1, -0.05) is 55.8 Å². The van der Waals surface area contributed by atoms with Gasteiger partial charge in [-0.05, 0) is 63.7 Å². The Morgan fingerprint density at radius 3 is 1.86 bits per heavy atom. The molecule has 0 fully saturated rings. The normalized spacial score (nSPS) is 11.2. The van der Waals surface area contributed by atoms with Gasteiger partial charge >= 0.3 is 0 Å². The SMILES string of the molecule is CCCc1ccc2cc(-c3ccc(-c4cc(F)c(F)c(F)c4)c(F)c3)ccc2c1. The molecule has 0 amide bonds.